The van der Waals surface area contributed by atoms with Crippen LogP contribution in [0.15, 0.2) is 182 Å². The lowest BCUT2D eigenvalue weighted by molar-refractivity contribution is 1.22. The van der Waals surface area contributed by atoms with Gasteiger partial charge in [0.15, 0.2) is 0 Å². The molecule has 0 N–H and O–H groups in total. The Balaban J connectivity index is 1.25. The van der Waals surface area contributed by atoms with Gasteiger partial charge in [-0.1, -0.05) is 121 Å². The summed E-state index contributed by atoms with van der Waals surface area (Å²) < 4.78 is 5.20. The number of para-hydroxylation sites is 4. The molecule has 0 aliphatic carbocycles. The van der Waals surface area contributed by atoms with Gasteiger partial charge >= 0.3 is 13.7 Å². The van der Waals surface area contributed by atoms with Crippen LogP contribution < -0.4 is 31.7 Å². The first kappa shape index (κ1) is 29.2. The van der Waals surface area contributed by atoms with Crippen LogP contribution in [0.1, 0.15) is 0 Å². The topological polar surface area (TPSA) is 16.3 Å². The van der Waals surface area contributed by atoms with Crippen LogP contribution in [0.25, 0.3) is 54.8 Å². The van der Waals surface area contributed by atoms with E-state index in [2.05, 4.69) is 201 Å². The van der Waals surface area contributed by atoms with E-state index in [0.29, 0.717) is 0 Å². The maximum absolute atomic E-state index is 2.60. The second-order valence-electron chi connectivity index (χ2n) is 15.6. The zero-order valence-electron chi connectivity index (χ0n) is 30.3. The first-order valence-electron chi connectivity index (χ1n) is 19.6. The molecule has 0 bridgehead atoms. The lowest BCUT2D eigenvalue weighted by atomic mass is 9.35. The van der Waals surface area contributed by atoms with Gasteiger partial charge in [0.05, 0.1) is 11.4 Å². The molecule has 4 nitrogen and oxygen atoms in total. The summed E-state index contributed by atoms with van der Waals surface area (Å²) in [6, 6.07) is 63.4. The third kappa shape index (κ3) is 3.41. The van der Waals surface area contributed by atoms with Crippen molar-refractivity contribution < 1.29 is 0 Å². The molecular weight excluding hydrogens is 678 g/mol. The molecule has 0 unspecified atom stereocenters. The Morgan fingerprint density at radius 2 is 0.732 bits per heavy atom. The average Bonchev–Trinajstić information content (AvgIpc) is 3.90. The molecule has 0 spiro atoms. The van der Waals surface area contributed by atoms with Crippen molar-refractivity contribution in [3.8, 4) is 22.3 Å². The van der Waals surface area contributed by atoms with Crippen LogP contribution >= 0.6 is 0 Å². The first-order chi connectivity index (χ1) is 27.8. The van der Waals surface area contributed by atoms with E-state index in [4.69, 9.17) is 0 Å². The number of benzene rings is 8. The smallest absolute Gasteiger partial charge is 0.332 e. The quantitative estimate of drug-likeness (QED) is 0.167. The van der Waals surface area contributed by atoms with Crippen LogP contribution in [0.3, 0.4) is 0 Å². The van der Waals surface area contributed by atoms with Gasteiger partial charge in [0.25, 0.3) is 0 Å². The van der Waals surface area contributed by atoms with Gasteiger partial charge in [0, 0.05) is 55.7 Å². The molecule has 6 heteroatoms. The Morgan fingerprint density at radius 1 is 0.321 bits per heavy atom. The minimum absolute atomic E-state index is 0.0588. The molecule has 4 aliphatic heterocycles. The van der Waals surface area contributed by atoms with Crippen LogP contribution in [-0.4, -0.2) is 22.7 Å². The fourth-order valence-corrected chi connectivity index (χ4v) is 11.1. The maximum Gasteiger partial charge on any atom is 0.332 e. The number of aromatic nitrogens is 2. The van der Waals surface area contributed by atoms with E-state index in [-0.39, 0.29) is 13.7 Å². The zero-order valence-corrected chi connectivity index (χ0v) is 30.3. The molecule has 2 aromatic heterocycles. The maximum atomic E-state index is 2.60. The van der Waals surface area contributed by atoms with Crippen molar-refractivity contribution in [1.29, 1.82) is 0 Å². The van der Waals surface area contributed by atoms with Crippen LogP contribution in [0.2, 0.25) is 0 Å². The van der Waals surface area contributed by atoms with Gasteiger partial charge in [-0.25, -0.2) is 0 Å². The monoisotopic (exact) mass is 708 g/mol. The van der Waals surface area contributed by atoms with Crippen molar-refractivity contribution in [3.05, 3.63) is 182 Å². The van der Waals surface area contributed by atoms with Crippen LogP contribution in [-0.2, 0) is 0 Å². The minimum Gasteiger partial charge on any atom is -0.382 e. The number of anilines is 6. The lowest BCUT2D eigenvalue weighted by Gasteiger charge is -2.47. The number of rotatable bonds is 2. The Morgan fingerprint density at radius 3 is 1.20 bits per heavy atom. The molecule has 0 atom stereocenters. The van der Waals surface area contributed by atoms with Crippen molar-refractivity contribution in [3.63, 3.8) is 0 Å². The highest BCUT2D eigenvalue weighted by Crippen LogP contribution is 2.50. The molecule has 4 aliphatic rings. The highest BCUT2D eigenvalue weighted by Gasteiger charge is 2.50. The van der Waals surface area contributed by atoms with Gasteiger partial charge < -0.3 is 18.8 Å². The van der Waals surface area contributed by atoms with E-state index < -0.39 is 0 Å². The summed E-state index contributed by atoms with van der Waals surface area (Å²) in [6.45, 7) is -0.118. The molecule has 14 rings (SSSR count). The second-order valence-corrected chi connectivity index (χ2v) is 15.6. The van der Waals surface area contributed by atoms with Gasteiger partial charge in [-0.3, -0.25) is 0 Å². The van der Waals surface area contributed by atoms with Crippen molar-refractivity contribution in [2.45, 2.75) is 0 Å². The Hall–Kier alpha value is -7.17. The molecule has 0 amide bonds. The lowest BCUT2D eigenvalue weighted by Crippen LogP contribution is -2.68. The van der Waals surface area contributed by atoms with Crippen molar-refractivity contribution >= 4 is 102 Å². The fourth-order valence-electron chi connectivity index (χ4n) is 11.1. The van der Waals surface area contributed by atoms with Crippen LogP contribution in [0.4, 0.5) is 34.1 Å². The summed E-state index contributed by atoms with van der Waals surface area (Å²) in [5.41, 5.74) is 20.6. The molecule has 0 saturated heterocycles. The molecular formula is C50H30B2N4. The van der Waals surface area contributed by atoms with Crippen LogP contribution in [0.5, 0.6) is 0 Å². The average molecular weight is 708 g/mol. The summed E-state index contributed by atoms with van der Waals surface area (Å²) in [5.74, 6) is 0. The molecule has 256 valence electrons. The molecule has 10 aromatic rings. The highest BCUT2D eigenvalue weighted by atomic mass is 15.2. The molecule has 56 heavy (non-hydrogen) atoms. The van der Waals surface area contributed by atoms with Gasteiger partial charge in [0.1, 0.15) is 0 Å². The van der Waals surface area contributed by atoms with Crippen molar-refractivity contribution in [2.75, 3.05) is 9.80 Å². The Kier molecular flexibility index (Phi) is 5.38. The molecule has 0 radical (unpaired) electrons. The van der Waals surface area contributed by atoms with E-state index in [1.165, 1.54) is 99.4 Å². The molecule has 0 fully saturated rings. The number of hydrogen-bond acceptors (Lipinski definition) is 2. The first-order valence-corrected chi connectivity index (χ1v) is 19.6. The van der Waals surface area contributed by atoms with Gasteiger partial charge in [-0.15, -0.1) is 0 Å². The normalized spacial score (nSPS) is 13.9. The van der Waals surface area contributed by atoms with Gasteiger partial charge in [0.2, 0.25) is 0 Å². The third-order valence-electron chi connectivity index (χ3n) is 13.1. The summed E-state index contributed by atoms with van der Waals surface area (Å²) >= 11 is 0. The van der Waals surface area contributed by atoms with Gasteiger partial charge in [-0.05, 0) is 105 Å². The Labute approximate surface area is 324 Å². The summed E-state index contributed by atoms with van der Waals surface area (Å²) in [7, 11) is 0. The van der Waals surface area contributed by atoms with Crippen molar-refractivity contribution in [1.82, 2.24) is 8.96 Å². The molecule has 8 aromatic carbocycles. The van der Waals surface area contributed by atoms with Crippen LogP contribution in [0, 0.1) is 0 Å². The SMILES string of the molecule is c1ccc(N2c3cccc4c3B(c3c5c(c6ccccc6c32)N(c2ccccc2)c2cccc3c2B5n2ccc5cccc-3c52)n2ccc3cccc-4c32)cc1. The standard InChI is InChI=1S/C50H30B2N4/c1-3-15-33(16-4-1)55-41-25-11-21-35-37-23-9-13-31-27-29-53(47(31)37)51(43(35)41)45-46-50(40-20-8-7-19-39(40)49(45)55)56(34-17-5-2-6-18-34)42-26-12-22-36-38-24-10-14-32-28-30-54(48(32)38)52(46)44(36)42/h1-30H. The number of nitrogens with zero attached hydrogens (tertiary/aromatic N) is 4. The Bertz CT molecular complexity index is 3120. The van der Waals surface area contributed by atoms with E-state index in [1.54, 1.807) is 0 Å². The third-order valence-corrected chi connectivity index (χ3v) is 13.1. The predicted octanol–water partition coefficient (Wildman–Crippen LogP) is 9.58. The van der Waals surface area contributed by atoms with E-state index in [9.17, 15) is 0 Å². The zero-order chi connectivity index (χ0) is 36.2. The van der Waals surface area contributed by atoms with E-state index in [0.717, 1.165) is 11.4 Å². The van der Waals surface area contributed by atoms with Crippen molar-refractivity contribution in [2.24, 2.45) is 0 Å². The number of fused-ring (bicyclic) bond motifs is 12. The molecule has 6 heterocycles. The van der Waals surface area contributed by atoms with Gasteiger partial charge in [-0.2, -0.15) is 0 Å². The summed E-state index contributed by atoms with van der Waals surface area (Å²) in [4.78, 5) is 5.16. The summed E-state index contributed by atoms with van der Waals surface area (Å²) in [6.07, 6.45) is 4.70. The van der Waals surface area contributed by atoms with E-state index in [1.807, 2.05) is 0 Å². The highest BCUT2D eigenvalue weighted by molar-refractivity contribution is 6.99. The van der Waals surface area contributed by atoms with E-state index >= 15 is 0 Å². The number of hydrogen-bond donors (Lipinski definition) is 0. The predicted molar refractivity (Wildman–Crippen MR) is 236 cm³/mol. The minimum atomic E-state index is -0.0588. The largest absolute Gasteiger partial charge is 0.382 e. The fraction of sp³-hybridized carbons (Fsp3) is 0. The second kappa shape index (κ2) is 10.3. The molecule has 0 saturated carbocycles. The summed E-state index contributed by atoms with van der Waals surface area (Å²) in [5, 5.41) is 5.05.